The van der Waals surface area contributed by atoms with E-state index in [-0.39, 0.29) is 0 Å². The van der Waals surface area contributed by atoms with Crippen LogP contribution in [0.2, 0.25) is 0 Å². The molecule has 0 aliphatic rings. The molecule has 0 radical (unpaired) electrons. The Labute approximate surface area is 71.1 Å². The minimum absolute atomic E-state index is 0.476. The zero-order valence-corrected chi connectivity index (χ0v) is 7.40. The smallest absolute Gasteiger partial charge is 0.160 e. The highest BCUT2D eigenvalue weighted by molar-refractivity contribution is 5.53. The summed E-state index contributed by atoms with van der Waals surface area (Å²) >= 11 is 0. The van der Waals surface area contributed by atoms with E-state index in [0.717, 1.165) is 5.56 Å². The van der Waals surface area contributed by atoms with Gasteiger partial charge in [0.25, 0.3) is 0 Å². The summed E-state index contributed by atoms with van der Waals surface area (Å²) in [4.78, 5) is 12.8. The van der Waals surface area contributed by atoms with Gasteiger partial charge in [0.05, 0.1) is 7.11 Å². The van der Waals surface area contributed by atoms with Crippen LogP contribution < -0.4 is 10.8 Å². The lowest BCUT2D eigenvalue weighted by Gasteiger charge is -2.16. The first kappa shape index (κ1) is 8.73. The molecule has 0 saturated heterocycles. The first-order valence-electron chi connectivity index (χ1n) is 3.51. The normalized spacial score (nSPS) is 9.92. The molecular formula is C7H12N4O. The molecule has 0 saturated carbocycles. The zero-order valence-electron chi connectivity index (χ0n) is 7.40. The third-order valence-corrected chi connectivity index (χ3v) is 1.67. The highest BCUT2D eigenvalue weighted by Crippen LogP contribution is 2.17. The number of aromatic nitrogens is 2. The van der Waals surface area contributed by atoms with Crippen molar-refractivity contribution < 1.29 is 4.84 Å². The predicted octanol–water partition coefficient (Wildman–Crippen LogP) is 0.365. The lowest BCUT2D eigenvalue weighted by atomic mass is 10.3. The molecule has 0 unspecified atom stereocenters. The van der Waals surface area contributed by atoms with E-state index in [1.54, 1.807) is 14.2 Å². The van der Waals surface area contributed by atoms with Crippen LogP contribution in [0.4, 0.5) is 11.6 Å². The van der Waals surface area contributed by atoms with Crippen molar-refractivity contribution >= 4 is 11.6 Å². The molecule has 1 aromatic heterocycles. The van der Waals surface area contributed by atoms with Gasteiger partial charge in [-0.1, -0.05) is 0 Å². The van der Waals surface area contributed by atoms with Crippen LogP contribution in [0.5, 0.6) is 0 Å². The molecule has 0 amide bonds. The van der Waals surface area contributed by atoms with E-state index in [4.69, 9.17) is 10.6 Å². The van der Waals surface area contributed by atoms with Crippen LogP contribution in [0.15, 0.2) is 6.33 Å². The fraction of sp³-hybridized carbons (Fsp3) is 0.429. The van der Waals surface area contributed by atoms with Crippen molar-refractivity contribution in [3.05, 3.63) is 11.9 Å². The summed E-state index contributed by atoms with van der Waals surface area (Å²) in [7, 11) is 3.33. The summed E-state index contributed by atoms with van der Waals surface area (Å²) in [6, 6.07) is 0. The molecule has 0 atom stereocenters. The van der Waals surface area contributed by atoms with Crippen molar-refractivity contribution in [2.24, 2.45) is 0 Å². The molecule has 0 aliphatic carbocycles. The highest BCUT2D eigenvalue weighted by atomic mass is 16.7. The lowest BCUT2D eigenvalue weighted by molar-refractivity contribution is 0.182. The van der Waals surface area contributed by atoms with Gasteiger partial charge in [0.2, 0.25) is 0 Å². The fourth-order valence-corrected chi connectivity index (χ4v) is 0.858. The second-order valence-corrected chi connectivity index (χ2v) is 2.39. The average Bonchev–Trinajstić information content (AvgIpc) is 2.08. The maximum atomic E-state index is 5.58. The van der Waals surface area contributed by atoms with E-state index < -0.39 is 0 Å². The Hall–Kier alpha value is -1.36. The van der Waals surface area contributed by atoms with Crippen LogP contribution in [0.3, 0.4) is 0 Å². The number of nitrogens with zero attached hydrogens (tertiary/aromatic N) is 3. The van der Waals surface area contributed by atoms with Gasteiger partial charge in [0.1, 0.15) is 12.1 Å². The first-order chi connectivity index (χ1) is 5.66. The summed E-state index contributed by atoms with van der Waals surface area (Å²) in [6.07, 6.45) is 1.41. The molecule has 1 heterocycles. The number of nitrogens with two attached hydrogens (primary N) is 1. The van der Waals surface area contributed by atoms with E-state index in [9.17, 15) is 0 Å². The maximum Gasteiger partial charge on any atom is 0.160 e. The number of hydrogen-bond donors (Lipinski definition) is 1. The van der Waals surface area contributed by atoms with Crippen molar-refractivity contribution in [2.45, 2.75) is 6.92 Å². The maximum absolute atomic E-state index is 5.58. The van der Waals surface area contributed by atoms with Gasteiger partial charge in [-0.2, -0.15) is 0 Å². The Morgan fingerprint density at radius 3 is 2.75 bits per heavy atom. The molecule has 66 valence electrons. The fourth-order valence-electron chi connectivity index (χ4n) is 0.858. The Morgan fingerprint density at radius 1 is 1.50 bits per heavy atom. The predicted molar refractivity (Wildman–Crippen MR) is 46.6 cm³/mol. The van der Waals surface area contributed by atoms with Gasteiger partial charge in [-0.15, -0.1) is 0 Å². The van der Waals surface area contributed by atoms with Crippen LogP contribution in [-0.4, -0.2) is 24.1 Å². The molecule has 1 aromatic rings. The number of anilines is 2. The SMILES string of the molecule is CON(C)c1ncnc(N)c1C. The van der Waals surface area contributed by atoms with Crippen molar-refractivity contribution in [1.29, 1.82) is 0 Å². The van der Waals surface area contributed by atoms with Gasteiger partial charge in [-0.05, 0) is 6.92 Å². The quantitative estimate of drug-likeness (QED) is 0.646. The van der Waals surface area contributed by atoms with E-state index >= 15 is 0 Å². The van der Waals surface area contributed by atoms with Gasteiger partial charge in [-0.25, -0.2) is 15.0 Å². The van der Waals surface area contributed by atoms with E-state index in [2.05, 4.69) is 9.97 Å². The molecule has 0 spiro atoms. The number of hydrogen-bond acceptors (Lipinski definition) is 5. The molecule has 0 aromatic carbocycles. The van der Waals surface area contributed by atoms with E-state index in [1.807, 2.05) is 6.92 Å². The monoisotopic (exact) mass is 168 g/mol. The average molecular weight is 168 g/mol. The Bertz CT molecular complexity index is 276. The summed E-state index contributed by atoms with van der Waals surface area (Å²) < 4.78 is 0. The molecule has 5 nitrogen and oxygen atoms in total. The Morgan fingerprint density at radius 2 is 2.17 bits per heavy atom. The molecule has 0 bridgehead atoms. The van der Waals surface area contributed by atoms with E-state index in [0.29, 0.717) is 11.6 Å². The van der Waals surface area contributed by atoms with Gasteiger partial charge in [-0.3, -0.25) is 4.84 Å². The number of hydroxylamine groups is 1. The van der Waals surface area contributed by atoms with Crippen LogP contribution in [0.25, 0.3) is 0 Å². The van der Waals surface area contributed by atoms with Gasteiger partial charge < -0.3 is 5.73 Å². The third-order valence-electron chi connectivity index (χ3n) is 1.67. The Kier molecular flexibility index (Phi) is 2.44. The molecule has 2 N–H and O–H groups in total. The van der Waals surface area contributed by atoms with Gasteiger partial charge in [0.15, 0.2) is 5.82 Å². The largest absolute Gasteiger partial charge is 0.383 e. The minimum atomic E-state index is 0.476. The molecule has 12 heavy (non-hydrogen) atoms. The zero-order chi connectivity index (χ0) is 9.14. The minimum Gasteiger partial charge on any atom is -0.383 e. The van der Waals surface area contributed by atoms with Crippen LogP contribution in [-0.2, 0) is 4.84 Å². The highest BCUT2D eigenvalue weighted by Gasteiger charge is 2.07. The van der Waals surface area contributed by atoms with Crippen molar-refractivity contribution in [3.8, 4) is 0 Å². The summed E-state index contributed by atoms with van der Waals surface area (Å²) in [5.74, 6) is 1.16. The number of rotatable bonds is 2. The topological polar surface area (TPSA) is 64.3 Å². The van der Waals surface area contributed by atoms with Crippen molar-refractivity contribution in [3.63, 3.8) is 0 Å². The van der Waals surface area contributed by atoms with E-state index in [1.165, 1.54) is 11.4 Å². The third kappa shape index (κ3) is 1.45. The molecule has 0 aliphatic heterocycles. The molecule has 1 rings (SSSR count). The summed E-state index contributed by atoms with van der Waals surface area (Å²) in [5.41, 5.74) is 6.40. The molecular weight excluding hydrogens is 156 g/mol. The first-order valence-corrected chi connectivity index (χ1v) is 3.51. The van der Waals surface area contributed by atoms with Crippen LogP contribution in [0.1, 0.15) is 5.56 Å². The van der Waals surface area contributed by atoms with Crippen molar-refractivity contribution in [1.82, 2.24) is 9.97 Å². The Balaban J connectivity index is 3.07. The number of nitrogen functional groups attached to an aromatic ring is 1. The van der Waals surface area contributed by atoms with Crippen molar-refractivity contribution in [2.75, 3.05) is 25.0 Å². The van der Waals surface area contributed by atoms with Crippen LogP contribution in [0, 0.1) is 6.92 Å². The van der Waals surface area contributed by atoms with Gasteiger partial charge in [0, 0.05) is 12.6 Å². The van der Waals surface area contributed by atoms with Crippen LogP contribution >= 0.6 is 0 Å². The van der Waals surface area contributed by atoms with Gasteiger partial charge >= 0.3 is 0 Å². The lowest BCUT2D eigenvalue weighted by Crippen LogP contribution is -2.18. The second kappa shape index (κ2) is 3.36. The standard InChI is InChI=1S/C7H12N4O/c1-5-6(8)9-4-10-7(5)11(2)12-3/h4H,1-3H3,(H2,8,9,10). The summed E-state index contributed by atoms with van der Waals surface area (Å²) in [5, 5.41) is 1.54. The molecule has 0 fully saturated rings. The summed E-state index contributed by atoms with van der Waals surface area (Å²) in [6.45, 7) is 1.85. The molecule has 5 heteroatoms. The second-order valence-electron chi connectivity index (χ2n) is 2.39.